The van der Waals surface area contributed by atoms with Crippen molar-refractivity contribution in [3.63, 3.8) is 0 Å². The van der Waals surface area contributed by atoms with Crippen LogP contribution in [0.2, 0.25) is 0 Å². The van der Waals surface area contributed by atoms with E-state index in [1.807, 2.05) is 6.92 Å². The van der Waals surface area contributed by atoms with Gasteiger partial charge in [-0.2, -0.15) is 0 Å². The Balaban J connectivity index is 2.86. The van der Waals surface area contributed by atoms with Crippen LogP contribution in [0.5, 0.6) is 5.75 Å². The van der Waals surface area contributed by atoms with Crippen LogP contribution in [0.15, 0.2) is 18.2 Å². The quantitative estimate of drug-likeness (QED) is 0.691. The summed E-state index contributed by atoms with van der Waals surface area (Å²) in [7, 11) is 0. The van der Waals surface area contributed by atoms with E-state index in [2.05, 4.69) is 0 Å². The van der Waals surface area contributed by atoms with E-state index in [9.17, 15) is 15.3 Å². The summed E-state index contributed by atoms with van der Waals surface area (Å²) in [5, 5.41) is 28.8. The molecule has 0 amide bonds. The maximum Gasteiger partial charge on any atom is 0.121 e. The molecule has 0 aromatic heterocycles. The molecule has 84 valence electrons. The van der Waals surface area contributed by atoms with Gasteiger partial charge < -0.3 is 15.3 Å². The molecule has 4 heteroatoms. The minimum Gasteiger partial charge on any atom is -0.508 e. The summed E-state index contributed by atoms with van der Waals surface area (Å²) in [6.45, 7) is 1.84. The Kier molecular flexibility index (Phi) is 4.39. The van der Waals surface area contributed by atoms with E-state index >= 15 is 0 Å². The predicted octanol–water partition coefficient (Wildman–Crippen LogP) is 1.72. The van der Waals surface area contributed by atoms with Crippen molar-refractivity contribution in [2.24, 2.45) is 0 Å². The number of aryl methyl sites for hydroxylation is 1. The second-order valence-electron chi connectivity index (χ2n) is 3.55. The molecule has 0 saturated heterocycles. The third kappa shape index (κ3) is 3.09. The summed E-state index contributed by atoms with van der Waals surface area (Å²) in [4.78, 5) is 0. The molecule has 0 fully saturated rings. The molecule has 15 heavy (non-hydrogen) atoms. The van der Waals surface area contributed by atoms with Crippen LogP contribution in [0, 0.1) is 6.92 Å². The Bertz CT molecular complexity index is 328. The summed E-state index contributed by atoms with van der Waals surface area (Å²) >= 11 is 5.46. The van der Waals surface area contributed by atoms with E-state index in [0.29, 0.717) is 5.56 Å². The normalized spacial score (nSPS) is 14.9. The van der Waals surface area contributed by atoms with Crippen LogP contribution in [-0.2, 0) is 0 Å². The van der Waals surface area contributed by atoms with Crippen LogP contribution in [0.3, 0.4) is 0 Å². The molecule has 0 aliphatic rings. The fourth-order valence-electron chi connectivity index (χ4n) is 1.38. The Hall–Kier alpha value is -0.770. The van der Waals surface area contributed by atoms with Crippen molar-refractivity contribution in [1.29, 1.82) is 0 Å². The number of rotatable bonds is 4. The van der Waals surface area contributed by atoms with Crippen LogP contribution >= 0.6 is 11.6 Å². The molecule has 0 radical (unpaired) electrons. The molecule has 0 heterocycles. The van der Waals surface area contributed by atoms with E-state index in [-0.39, 0.29) is 18.1 Å². The van der Waals surface area contributed by atoms with Crippen LogP contribution < -0.4 is 0 Å². The van der Waals surface area contributed by atoms with Crippen molar-refractivity contribution in [2.75, 3.05) is 5.88 Å². The number of hydrogen-bond donors (Lipinski definition) is 3. The third-order valence-corrected chi connectivity index (χ3v) is 2.49. The van der Waals surface area contributed by atoms with Crippen LogP contribution in [0.4, 0.5) is 0 Å². The molecule has 2 unspecified atom stereocenters. The lowest BCUT2D eigenvalue weighted by atomic mass is 10.0. The van der Waals surface area contributed by atoms with Crippen molar-refractivity contribution in [2.45, 2.75) is 25.6 Å². The van der Waals surface area contributed by atoms with Gasteiger partial charge in [0.2, 0.25) is 0 Å². The SMILES string of the molecule is Cc1ccc(C(O)C(O)CCCl)c(O)c1. The van der Waals surface area contributed by atoms with Gasteiger partial charge in [-0.15, -0.1) is 11.6 Å². The number of halogens is 1. The smallest absolute Gasteiger partial charge is 0.121 e. The first-order valence-electron chi connectivity index (χ1n) is 4.78. The minimum absolute atomic E-state index is 0.00359. The van der Waals surface area contributed by atoms with E-state index in [1.165, 1.54) is 0 Å². The van der Waals surface area contributed by atoms with Crippen LogP contribution in [-0.4, -0.2) is 27.3 Å². The molecular formula is C11H15ClO3. The fraction of sp³-hybridized carbons (Fsp3) is 0.455. The number of alkyl halides is 1. The molecule has 1 aromatic carbocycles. The van der Waals surface area contributed by atoms with Gasteiger partial charge in [0, 0.05) is 11.4 Å². The maximum atomic E-state index is 9.72. The first-order chi connectivity index (χ1) is 7.06. The van der Waals surface area contributed by atoms with Crippen molar-refractivity contribution in [3.8, 4) is 5.75 Å². The molecule has 3 N–H and O–H groups in total. The van der Waals surface area contributed by atoms with Crippen molar-refractivity contribution >= 4 is 11.6 Å². The van der Waals surface area contributed by atoms with E-state index in [1.54, 1.807) is 18.2 Å². The summed E-state index contributed by atoms with van der Waals surface area (Å²) in [5.41, 5.74) is 1.23. The average Bonchev–Trinajstić information content (AvgIpc) is 2.17. The summed E-state index contributed by atoms with van der Waals surface area (Å²) in [5.74, 6) is 0.265. The maximum absolute atomic E-state index is 9.72. The molecule has 0 aliphatic carbocycles. The van der Waals surface area contributed by atoms with Gasteiger partial charge in [0.1, 0.15) is 11.9 Å². The molecule has 1 rings (SSSR count). The zero-order chi connectivity index (χ0) is 11.4. The predicted molar refractivity (Wildman–Crippen MR) is 59.1 cm³/mol. The number of aromatic hydroxyl groups is 1. The van der Waals surface area contributed by atoms with Gasteiger partial charge in [-0.1, -0.05) is 12.1 Å². The van der Waals surface area contributed by atoms with E-state index in [0.717, 1.165) is 5.56 Å². The largest absolute Gasteiger partial charge is 0.508 e. The summed E-state index contributed by atoms with van der Waals surface area (Å²) in [6.07, 6.45) is -1.75. The van der Waals surface area contributed by atoms with Gasteiger partial charge in [-0.05, 0) is 25.0 Å². The topological polar surface area (TPSA) is 60.7 Å². The number of aliphatic hydroxyl groups excluding tert-OH is 2. The highest BCUT2D eigenvalue weighted by atomic mass is 35.5. The van der Waals surface area contributed by atoms with Gasteiger partial charge in [-0.3, -0.25) is 0 Å². The molecule has 1 aromatic rings. The first kappa shape index (κ1) is 12.3. The standard InChI is InChI=1S/C11H15ClO3/c1-7-2-3-8(10(14)6-7)11(15)9(13)4-5-12/h2-3,6,9,11,13-15H,4-5H2,1H3. The lowest BCUT2D eigenvalue weighted by Gasteiger charge is -2.18. The Morgan fingerprint density at radius 1 is 1.33 bits per heavy atom. The molecule has 0 aliphatic heterocycles. The van der Waals surface area contributed by atoms with Crippen LogP contribution in [0.1, 0.15) is 23.7 Å². The number of phenolic OH excluding ortho intramolecular Hbond substituents is 1. The van der Waals surface area contributed by atoms with E-state index in [4.69, 9.17) is 11.6 Å². The molecule has 3 nitrogen and oxygen atoms in total. The zero-order valence-corrected chi connectivity index (χ0v) is 9.28. The third-order valence-electron chi connectivity index (χ3n) is 2.27. The highest BCUT2D eigenvalue weighted by molar-refractivity contribution is 6.17. The highest BCUT2D eigenvalue weighted by Gasteiger charge is 2.20. The van der Waals surface area contributed by atoms with Gasteiger partial charge in [0.05, 0.1) is 6.10 Å². The molecular weight excluding hydrogens is 216 g/mol. The lowest BCUT2D eigenvalue weighted by molar-refractivity contribution is 0.0157. The number of benzene rings is 1. The lowest BCUT2D eigenvalue weighted by Crippen LogP contribution is -2.18. The minimum atomic E-state index is -1.09. The Morgan fingerprint density at radius 3 is 2.53 bits per heavy atom. The Labute approximate surface area is 93.9 Å². The molecule has 0 spiro atoms. The molecule has 0 bridgehead atoms. The highest BCUT2D eigenvalue weighted by Crippen LogP contribution is 2.28. The van der Waals surface area contributed by atoms with Gasteiger partial charge in [0.25, 0.3) is 0 Å². The zero-order valence-electron chi connectivity index (χ0n) is 8.52. The Morgan fingerprint density at radius 2 is 2.00 bits per heavy atom. The first-order valence-corrected chi connectivity index (χ1v) is 5.31. The van der Waals surface area contributed by atoms with Gasteiger partial charge >= 0.3 is 0 Å². The average molecular weight is 231 g/mol. The van der Waals surface area contributed by atoms with Crippen molar-refractivity contribution in [3.05, 3.63) is 29.3 Å². The second-order valence-corrected chi connectivity index (χ2v) is 3.93. The molecule has 2 atom stereocenters. The van der Waals surface area contributed by atoms with Crippen LogP contribution in [0.25, 0.3) is 0 Å². The number of phenols is 1. The van der Waals surface area contributed by atoms with Gasteiger partial charge in [0.15, 0.2) is 0 Å². The summed E-state index contributed by atoms with van der Waals surface area (Å²) in [6, 6.07) is 4.92. The van der Waals surface area contributed by atoms with Crippen molar-refractivity contribution in [1.82, 2.24) is 0 Å². The fourth-order valence-corrected chi connectivity index (χ4v) is 1.60. The number of aliphatic hydroxyl groups is 2. The second kappa shape index (κ2) is 5.35. The number of hydrogen-bond acceptors (Lipinski definition) is 3. The molecule has 0 saturated carbocycles. The summed E-state index contributed by atoms with van der Waals surface area (Å²) < 4.78 is 0. The monoisotopic (exact) mass is 230 g/mol. The van der Waals surface area contributed by atoms with Crippen molar-refractivity contribution < 1.29 is 15.3 Å². The van der Waals surface area contributed by atoms with E-state index < -0.39 is 12.2 Å². The van der Waals surface area contributed by atoms with Gasteiger partial charge in [-0.25, -0.2) is 0 Å².